The van der Waals surface area contributed by atoms with Crippen LogP contribution >= 0.6 is 0 Å². The maximum absolute atomic E-state index is 11.8. The van der Waals surface area contributed by atoms with Crippen LogP contribution in [0.4, 0.5) is 0 Å². The summed E-state index contributed by atoms with van der Waals surface area (Å²) >= 11 is 0. The molecule has 0 heterocycles. The molecule has 0 atom stereocenters. The molecule has 116 valence electrons. The number of sulfonamides is 2. The van der Waals surface area contributed by atoms with Gasteiger partial charge in [0.1, 0.15) is 0 Å². The van der Waals surface area contributed by atoms with Gasteiger partial charge in [0.05, 0.1) is 11.5 Å². The van der Waals surface area contributed by atoms with Crippen molar-refractivity contribution in [3.05, 3.63) is 0 Å². The summed E-state index contributed by atoms with van der Waals surface area (Å²) in [5.74, 6) is -0.205. The Kier molecular flexibility index (Phi) is 6.47. The highest BCUT2D eigenvalue weighted by Gasteiger charge is 2.25. The molecule has 0 aliphatic heterocycles. The molecule has 19 heavy (non-hydrogen) atoms. The molecule has 0 aliphatic rings. The molecule has 0 aromatic rings. The van der Waals surface area contributed by atoms with E-state index in [0.717, 1.165) is 0 Å². The molecular formula is C10H27NO4S2Si2. The van der Waals surface area contributed by atoms with Crippen molar-refractivity contribution in [2.24, 2.45) is 0 Å². The molecule has 0 aromatic carbocycles. The van der Waals surface area contributed by atoms with Crippen molar-refractivity contribution in [2.75, 3.05) is 11.5 Å². The minimum Gasteiger partial charge on any atom is -0.211 e. The van der Waals surface area contributed by atoms with Gasteiger partial charge in [-0.1, -0.05) is 39.3 Å². The van der Waals surface area contributed by atoms with Crippen molar-refractivity contribution in [1.82, 2.24) is 4.13 Å². The monoisotopic (exact) mass is 345 g/mol. The Morgan fingerprint density at radius 3 is 1.16 bits per heavy atom. The molecule has 0 unspecified atom stereocenters. The van der Waals surface area contributed by atoms with Gasteiger partial charge < -0.3 is 0 Å². The van der Waals surface area contributed by atoms with E-state index in [1.165, 1.54) is 0 Å². The maximum Gasteiger partial charge on any atom is 0.224 e. The van der Waals surface area contributed by atoms with Crippen LogP contribution in [0.2, 0.25) is 51.4 Å². The Morgan fingerprint density at radius 1 is 0.684 bits per heavy atom. The van der Waals surface area contributed by atoms with E-state index in [2.05, 4.69) is 39.3 Å². The molecule has 0 radical (unpaired) electrons. The molecule has 1 N–H and O–H groups in total. The zero-order chi connectivity index (χ0) is 15.5. The zero-order valence-corrected chi connectivity index (χ0v) is 16.4. The van der Waals surface area contributed by atoms with Crippen LogP contribution in [-0.4, -0.2) is 44.5 Å². The predicted octanol–water partition coefficient (Wildman–Crippen LogP) is 1.91. The average molecular weight is 346 g/mol. The van der Waals surface area contributed by atoms with Gasteiger partial charge in [-0.25, -0.2) is 16.8 Å². The van der Waals surface area contributed by atoms with Crippen molar-refractivity contribution in [2.45, 2.75) is 51.4 Å². The molecule has 0 aromatic heterocycles. The Balaban J connectivity index is 4.57. The van der Waals surface area contributed by atoms with Crippen LogP contribution in [-0.2, 0) is 20.0 Å². The first kappa shape index (κ1) is 19.3. The number of hydrogen-bond acceptors (Lipinski definition) is 4. The van der Waals surface area contributed by atoms with Crippen LogP contribution in [0.1, 0.15) is 0 Å². The first-order valence-electron chi connectivity index (χ1n) is 6.36. The highest BCUT2D eigenvalue weighted by Crippen LogP contribution is 2.12. The molecule has 9 heteroatoms. The van der Waals surface area contributed by atoms with Gasteiger partial charge in [0.15, 0.2) is 0 Å². The van der Waals surface area contributed by atoms with Crippen LogP contribution in [0.5, 0.6) is 0 Å². The van der Waals surface area contributed by atoms with E-state index in [1.54, 1.807) is 0 Å². The molecule has 0 spiro atoms. The van der Waals surface area contributed by atoms with Gasteiger partial charge in [-0.05, 0) is 12.1 Å². The number of nitrogens with one attached hydrogen (secondary N) is 1. The summed E-state index contributed by atoms with van der Waals surface area (Å²) in [6.45, 7) is 12.3. The summed E-state index contributed by atoms with van der Waals surface area (Å²) in [4.78, 5) is 0. The molecule has 0 aliphatic carbocycles. The molecule has 0 fully saturated rings. The van der Waals surface area contributed by atoms with E-state index in [4.69, 9.17) is 0 Å². The molecular weight excluding hydrogens is 318 g/mol. The third-order valence-electron chi connectivity index (χ3n) is 2.50. The average Bonchev–Trinajstić information content (AvgIpc) is 2.09. The SMILES string of the molecule is C[Si](C)(C)CCS(=O)(=O)NS(=O)(=O)CC[Si](C)(C)C. The largest absolute Gasteiger partial charge is 0.224 e. The van der Waals surface area contributed by atoms with E-state index >= 15 is 0 Å². The van der Waals surface area contributed by atoms with Crippen LogP contribution in [0.25, 0.3) is 0 Å². The quantitative estimate of drug-likeness (QED) is 0.681. The smallest absolute Gasteiger partial charge is 0.211 e. The Hall–Kier alpha value is 0.294. The second kappa shape index (κ2) is 6.38. The number of hydrogen-bond donors (Lipinski definition) is 1. The maximum atomic E-state index is 11.8. The summed E-state index contributed by atoms with van der Waals surface area (Å²) < 4.78 is 48.9. The van der Waals surface area contributed by atoms with Crippen molar-refractivity contribution in [3.63, 3.8) is 0 Å². The van der Waals surface area contributed by atoms with Gasteiger partial charge in [0, 0.05) is 16.1 Å². The molecule has 0 saturated carbocycles. The summed E-state index contributed by atoms with van der Waals surface area (Å²) in [6, 6.07) is 1.12. The van der Waals surface area contributed by atoms with Gasteiger partial charge >= 0.3 is 0 Å². The van der Waals surface area contributed by atoms with E-state index < -0.39 is 36.2 Å². The molecule has 0 bridgehead atoms. The Bertz CT molecular complexity index is 441. The van der Waals surface area contributed by atoms with Gasteiger partial charge in [0.2, 0.25) is 20.0 Å². The normalized spacial score (nSPS) is 14.6. The summed E-state index contributed by atoms with van der Waals surface area (Å²) in [6.07, 6.45) is 0. The van der Waals surface area contributed by atoms with Crippen molar-refractivity contribution < 1.29 is 16.8 Å². The van der Waals surface area contributed by atoms with Gasteiger partial charge in [-0.2, -0.15) is 0 Å². The van der Waals surface area contributed by atoms with Crippen molar-refractivity contribution in [3.8, 4) is 0 Å². The standard InChI is InChI=1S/C10H27NO4S2Si2/c1-18(2,3)9-7-16(12,13)11-17(14,15)8-10-19(4,5)6/h11H,7-10H2,1-6H3. The number of rotatable bonds is 8. The lowest BCUT2D eigenvalue weighted by molar-refractivity contribution is 0.578. The zero-order valence-electron chi connectivity index (χ0n) is 12.8. The second-order valence-electron chi connectivity index (χ2n) is 7.34. The Morgan fingerprint density at radius 2 is 0.947 bits per heavy atom. The predicted molar refractivity (Wildman–Crippen MR) is 87.0 cm³/mol. The molecule has 0 amide bonds. The van der Waals surface area contributed by atoms with E-state index in [-0.39, 0.29) is 11.5 Å². The van der Waals surface area contributed by atoms with E-state index in [1.807, 2.05) is 4.13 Å². The third kappa shape index (κ3) is 11.8. The van der Waals surface area contributed by atoms with Crippen LogP contribution in [0, 0.1) is 0 Å². The molecule has 0 rings (SSSR count). The first-order valence-corrected chi connectivity index (χ1v) is 17.1. The fourth-order valence-electron chi connectivity index (χ4n) is 1.16. The lowest BCUT2D eigenvalue weighted by atomic mass is 11.0. The van der Waals surface area contributed by atoms with E-state index in [9.17, 15) is 16.8 Å². The Labute approximate surface area is 120 Å². The highest BCUT2D eigenvalue weighted by molar-refractivity contribution is 8.04. The van der Waals surface area contributed by atoms with E-state index in [0.29, 0.717) is 12.1 Å². The van der Waals surface area contributed by atoms with Crippen LogP contribution < -0.4 is 4.13 Å². The second-order valence-corrected chi connectivity index (χ2v) is 22.5. The lowest BCUT2D eigenvalue weighted by Crippen LogP contribution is -2.38. The van der Waals surface area contributed by atoms with Crippen molar-refractivity contribution in [1.29, 1.82) is 0 Å². The highest BCUT2D eigenvalue weighted by atomic mass is 32.3. The third-order valence-corrected chi connectivity index (χ3v) is 10.2. The van der Waals surface area contributed by atoms with Gasteiger partial charge in [-0.3, -0.25) is 0 Å². The minimum atomic E-state index is -3.73. The summed E-state index contributed by atoms with van der Waals surface area (Å²) in [5.41, 5.74) is 0. The first-order chi connectivity index (χ1) is 8.12. The van der Waals surface area contributed by atoms with Gasteiger partial charge in [-0.15, -0.1) is 4.13 Å². The van der Waals surface area contributed by atoms with Crippen LogP contribution in [0.3, 0.4) is 0 Å². The fourth-order valence-corrected chi connectivity index (χ4v) is 10.4. The van der Waals surface area contributed by atoms with Crippen LogP contribution in [0.15, 0.2) is 0 Å². The molecule has 0 saturated heterocycles. The summed E-state index contributed by atoms with van der Waals surface area (Å²) in [5, 5.41) is 0. The molecule has 5 nitrogen and oxygen atoms in total. The minimum absolute atomic E-state index is 0.102. The summed E-state index contributed by atoms with van der Waals surface area (Å²) in [7, 11) is -10.5. The fraction of sp³-hybridized carbons (Fsp3) is 1.00. The lowest BCUT2D eigenvalue weighted by Gasteiger charge is -2.17. The van der Waals surface area contributed by atoms with Gasteiger partial charge in [0.25, 0.3) is 0 Å². The topological polar surface area (TPSA) is 80.3 Å². The van der Waals surface area contributed by atoms with Crippen molar-refractivity contribution >= 4 is 36.2 Å².